The van der Waals surface area contributed by atoms with Crippen LogP contribution in [-0.2, 0) is 4.79 Å². The zero-order chi connectivity index (χ0) is 17.1. The highest BCUT2D eigenvalue weighted by Gasteiger charge is 2.46. The molecule has 25 heavy (non-hydrogen) atoms. The summed E-state index contributed by atoms with van der Waals surface area (Å²) in [6.45, 7) is 1.86. The maximum atomic E-state index is 13.0. The molecule has 3 aliphatic rings. The largest absolute Gasteiger partial charge is 0.474 e. The quantitative estimate of drug-likeness (QED) is 0.774. The van der Waals surface area contributed by atoms with Crippen LogP contribution in [0.5, 0.6) is 5.88 Å². The van der Waals surface area contributed by atoms with Crippen LogP contribution in [-0.4, -0.2) is 65.8 Å². The van der Waals surface area contributed by atoms with Crippen molar-refractivity contribution < 1.29 is 19.4 Å². The number of hydrogen-bond donors (Lipinski definition) is 1. The maximum absolute atomic E-state index is 13.0. The lowest BCUT2D eigenvalue weighted by molar-refractivity contribution is -0.121. The van der Waals surface area contributed by atoms with Gasteiger partial charge in [-0.05, 0) is 6.07 Å². The van der Waals surface area contributed by atoms with E-state index in [0.29, 0.717) is 32.1 Å². The topological polar surface area (TPSA) is 86.2 Å². The van der Waals surface area contributed by atoms with Crippen LogP contribution >= 0.6 is 0 Å². The summed E-state index contributed by atoms with van der Waals surface area (Å²) in [6.07, 6.45) is -0.986. The zero-order valence-electron chi connectivity index (χ0n) is 13.4. The Morgan fingerprint density at radius 1 is 1.20 bits per heavy atom. The summed E-state index contributed by atoms with van der Waals surface area (Å²) in [4.78, 5) is 34.0. The fraction of sp³-hybridized carbons (Fsp3) is 0.353. The number of amides is 2. The van der Waals surface area contributed by atoms with Crippen LogP contribution < -0.4 is 14.5 Å². The van der Waals surface area contributed by atoms with Crippen molar-refractivity contribution >= 4 is 34.3 Å². The predicted octanol–water partition coefficient (Wildman–Crippen LogP) is 1.14. The molecule has 8 nitrogen and oxygen atoms in total. The summed E-state index contributed by atoms with van der Waals surface area (Å²) in [6, 6.07) is 7.27. The first-order valence-electron chi connectivity index (χ1n) is 8.26. The molecule has 1 N–H and O–H groups in total. The fourth-order valence-electron chi connectivity index (χ4n) is 3.98. The molecule has 2 aromatic rings. The molecule has 0 bridgehead atoms. The first-order chi connectivity index (χ1) is 12.1. The highest BCUT2D eigenvalue weighted by molar-refractivity contribution is 6.13. The van der Waals surface area contributed by atoms with Gasteiger partial charge in [0.25, 0.3) is 5.91 Å². The van der Waals surface area contributed by atoms with Gasteiger partial charge in [-0.2, -0.15) is 0 Å². The van der Waals surface area contributed by atoms with Gasteiger partial charge in [-0.3, -0.25) is 4.79 Å². The van der Waals surface area contributed by atoms with E-state index in [1.165, 1.54) is 4.90 Å². The van der Waals surface area contributed by atoms with Crippen molar-refractivity contribution in [3.63, 3.8) is 0 Å². The van der Waals surface area contributed by atoms with Crippen molar-refractivity contribution in [2.45, 2.75) is 6.04 Å². The van der Waals surface area contributed by atoms with Crippen LogP contribution in [0.2, 0.25) is 0 Å². The lowest BCUT2D eigenvalue weighted by atomic mass is 10.00. The summed E-state index contributed by atoms with van der Waals surface area (Å²) in [5, 5.41) is 10.3. The number of rotatable bonds is 0. The number of benzene rings is 1. The minimum atomic E-state index is -0.986. The van der Waals surface area contributed by atoms with Crippen molar-refractivity contribution in [2.75, 3.05) is 42.6 Å². The SMILES string of the molecule is O=C(O)N1CCN2c3c4c(nc5ccccc35)OCCN4C(=O)C2C1. The van der Waals surface area contributed by atoms with E-state index < -0.39 is 12.1 Å². The monoisotopic (exact) mass is 340 g/mol. The lowest BCUT2D eigenvalue weighted by Crippen LogP contribution is -2.64. The Morgan fingerprint density at radius 3 is 2.88 bits per heavy atom. The molecule has 3 aliphatic heterocycles. The number of aromatic nitrogens is 1. The fourth-order valence-corrected chi connectivity index (χ4v) is 3.98. The smallest absolute Gasteiger partial charge is 0.407 e. The third kappa shape index (κ3) is 1.90. The van der Waals surface area contributed by atoms with E-state index in [1.807, 2.05) is 29.2 Å². The second kappa shape index (κ2) is 4.98. The molecule has 128 valence electrons. The molecule has 1 saturated heterocycles. The standard InChI is InChI=1S/C17H16N4O4/c22-16-12-9-19(17(23)24)5-6-20(12)13-10-3-1-2-4-11(10)18-15-14(13)21(16)7-8-25-15/h1-4,12H,5-9H2,(H,23,24). The molecule has 5 rings (SSSR count). The van der Waals surface area contributed by atoms with E-state index in [-0.39, 0.29) is 12.5 Å². The van der Waals surface area contributed by atoms with Crippen LogP contribution in [0.1, 0.15) is 0 Å². The summed E-state index contributed by atoms with van der Waals surface area (Å²) in [7, 11) is 0. The van der Waals surface area contributed by atoms with E-state index >= 15 is 0 Å². The van der Waals surface area contributed by atoms with E-state index in [9.17, 15) is 14.7 Å². The molecule has 0 spiro atoms. The van der Waals surface area contributed by atoms with Gasteiger partial charge in [0, 0.05) is 18.5 Å². The van der Waals surface area contributed by atoms with E-state index in [0.717, 1.165) is 22.3 Å². The minimum Gasteiger partial charge on any atom is -0.474 e. The molecule has 1 atom stereocenters. The average molecular weight is 340 g/mol. The molecular weight excluding hydrogens is 324 g/mol. The number of carbonyl (C=O) groups excluding carboxylic acids is 1. The van der Waals surface area contributed by atoms with E-state index in [1.54, 1.807) is 4.90 Å². The van der Waals surface area contributed by atoms with Crippen LogP contribution in [0, 0.1) is 0 Å². The molecule has 0 radical (unpaired) electrons. The van der Waals surface area contributed by atoms with Gasteiger partial charge < -0.3 is 24.5 Å². The summed E-state index contributed by atoms with van der Waals surface area (Å²) >= 11 is 0. The number of fused-ring (bicyclic) bond motifs is 4. The third-order valence-corrected chi connectivity index (χ3v) is 5.12. The Balaban J connectivity index is 1.74. The Kier molecular flexibility index (Phi) is 2.85. The summed E-state index contributed by atoms with van der Waals surface area (Å²) in [5.74, 6) is 0.396. The Hall–Kier alpha value is -3.03. The number of piperazine rings is 1. The summed E-state index contributed by atoms with van der Waals surface area (Å²) < 4.78 is 5.73. The molecular formula is C17H16N4O4. The first-order valence-corrected chi connectivity index (χ1v) is 8.26. The lowest BCUT2D eigenvalue weighted by Gasteiger charge is -2.48. The summed E-state index contributed by atoms with van der Waals surface area (Å²) in [5.41, 5.74) is 2.46. The highest BCUT2D eigenvalue weighted by atomic mass is 16.5. The van der Waals surface area contributed by atoms with Gasteiger partial charge in [-0.25, -0.2) is 9.78 Å². The molecule has 0 aliphatic carbocycles. The number of para-hydroxylation sites is 1. The number of hydrogen-bond acceptors (Lipinski definition) is 5. The average Bonchev–Trinajstić information content (AvgIpc) is 2.64. The number of carboxylic acid groups (broad SMARTS) is 1. The van der Waals surface area contributed by atoms with Gasteiger partial charge in [0.05, 0.1) is 24.3 Å². The van der Waals surface area contributed by atoms with Gasteiger partial charge in [0.2, 0.25) is 5.88 Å². The van der Waals surface area contributed by atoms with Crippen molar-refractivity contribution in [1.82, 2.24) is 9.88 Å². The van der Waals surface area contributed by atoms with Gasteiger partial charge in [0.15, 0.2) is 0 Å². The normalized spacial score (nSPS) is 21.7. The highest BCUT2D eigenvalue weighted by Crippen LogP contribution is 2.48. The Bertz CT molecular complexity index is 915. The van der Waals surface area contributed by atoms with Crippen molar-refractivity contribution in [1.29, 1.82) is 0 Å². The molecule has 1 unspecified atom stereocenters. The van der Waals surface area contributed by atoms with Crippen LogP contribution in [0.25, 0.3) is 10.9 Å². The number of carbonyl (C=O) groups is 2. The number of pyridine rings is 1. The van der Waals surface area contributed by atoms with Gasteiger partial charge >= 0.3 is 6.09 Å². The van der Waals surface area contributed by atoms with Crippen molar-refractivity contribution in [3.05, 3.63) is 24.3 Å². The number of nitrogens with zero attached hydrogens (tertiary/aromatic N) is 4. The molecule has 1 aromatic heterocycles. The molecule has 2 amide bonds. The molecule has 1 fully saturated rings. The second-order valence-electron chi connectivity index (χ2n) is 6.41. The van der Waals surface area contributed by atoms with Crippen LogP contribution in [0.3, 0.4) is 0 Å². The van der Waals surface area contributed by atoms with Gasteiger partial charge in [-0.15, -0.1) is 0 Å². The van der Waals surface area contributed by atoms with Crippen molar-refractivity contribution in [3.8, 4) is 5.88 Å². The van der Waals surface area contributed by atoms with E-state index in [4.69, 9.17) is 4.74 Å². The van der Waals surface area contributed by atoms with Gasteiger partial charge in [-0.1, -0.05) is 18.2 Å². The second-order valence-corrected chi connectivity index (χ2v) is 6.41. The molecule has 8 heteroatoms. The molecule has 1 aromatic carbocycles. The van der Waals surface area contributed by atoms with Crippen molar-refractivity contribution in [2.24, 2.45) is 0 Å². The van der Waals surface area contributed by atoms with Gasteiger partial charge in [0.1, 0.15) is 18.3 Å². The third-order valence-electron chi connectivity index (χ3n) is 5.12. The number of ether oxygens (including phenoxy) is 1. The molecule has 4 heterocycles. The Labute approximate surface area is 143 Å². The first kappa shape index (κ1) is 14.3. The maximum Gasteiger partial charge on any atom is 0.407 e. The minimum absolute atomic E-state index is 0.0833. The Morgan fingerprint density at radius 2 is 2.04 bits per heavy atom. The molecule has 0 saturated carbocycles. The van der Waals surface area contributed by atoms with Crippen LogP contribution in [0.15, 0.2) is 24.3 Å². The van der Waals surface area contributed by atoms with Crippen LogP contribution in [0.4, 0.5) is 16.2 Å². The van der Waals surface area contributed by atoms with E-state index in [2.05, 4.69) is 4.98 Å². The predicted molar refractivity (Wildman–Crippen MR) is 90.3 cm³/mol. The zero-order valence-corrected chi connectivity index (χ0v) is 13.4. The number of anilines is 2.